The molecule has 0 aliphatic heterocycles. The van der Waals surface area contributed by atoms with Crippen molar-refractivity contribution >= 4 is 28.3 Å². The van der Waals surface area contributed by atoms with Crippen molar-refractivity contribution in [1.82, 2.24) is 9.80 Å². The molecular formula is C21H29ClN2O. The molecule has 0 aromatic heterocycles. The number of carbonyl (C=O) groups excluding carboxylic acids is 1. The van der Waals surface area contributed by atoms with Gasteiger partial charge in [0.2, 0.25) is 0 Å². The van der Waals surface area contributed by atoms with Crippen LogP contribution in [0.5, 0.6) is 0 Å². The van der Waals surface area contributed by atoms with Crippen molar-refractivity contribution < 1.29 is 4.79 Å². The lowest BCUT2D eigenvalue weighted by atomic mass is 10.0. The Morgan fingerprint density at radius 1 is 1.00 bits per heavy atom. The molecule has 0 spiro atoms. The van der Waals surface area contributed by atoms with E-state index in [1.165, 1.54) is 0 Å². The molecule has 0 radical (unpaired) electrons. The minimum absolute atomic E-state index is 0.119. The molecule has 2 aromatic carbocycles. The molecule has 0 heterocycles. The summed E-state index contributed by atoms with van der Waals surface area (Å²) in [6, 6.07) is 11.6. The molecule has 2 rings (SSSR count). The third-order valence-corrected chi connectivity index (χ3v) is 4.96. The molecular weight excluding hydrogens is 332 g/mol. The van der Waals surface area contributed by atoms with E-state index in [2.05, 4.69) is 25.7 Å². The van der Waals surface area contributed by atoms with Crippen molar-refractivity contribution in [2.45, 2.75) is 33.6 Å². The van der Waals surface area contributed by atoms with Gasteiger partial charge in [0.15, 0.2) is 0 Å². The molecule has 0 saturated carbocycles. The zero-order valence-corrected chi connectivity index (χ0v) is 16.4. The lowest BCUT2D eigenvalue weighted by molar-refractivity contribution is 0.0737. The number of amides is 1. The number of rotatable bonds is 9. The van der Waals surface area contributed by atoms with Crippen LogP contribution < -0.4 is 0 Å². The molecule has 1 amide bonds. The number of carbonyl (C=O) groups is 1. The summed E-state index contributed by atoms with van der Waals surface area (Å²) >= 11 is 6.10. The van der Waals surface area contributed by atoms with Gasteiger partial charge in [0, 0.05) is 30.2 Å². The lowest BCUT2D eigenvalue weighted by Gasteiger charge is -2.27. The average molecular weight is 361 g/mol. The summed E-state index contributed by atoms with van der Waals surface area (Å²) in [4.78, 5) is 17.6. The zero-order valence-electron chi connectivity index (χ0n) is 15.6. The molecule has 136 valence electrons. The first kappa shape index (κ1) is 19.7. The summed E-state index contributed by atoms with van der Waals surface area (Å²) in [5.41, 5.74) is 0.768. The Morgan fingerprint density at radius 3 is 2.44 bits per heavy atom. The summed E-state index contributed by atoms with van der Waals surface area (Å²) in [6.07, 6.45) is 2.11. The highest BCUT2D eigenvalue weighted by Crippen LogP contribution is 2.24. The number of hydrogen-bond acceptors (Lipinski definition) is 2. The third kappa shape index (κ3) is 5.20. The highest BCUT2D eigenvalue weighted by molar-refractivity contribution is 6.31. The third-order valence-electron chi connectivity index (χ3n) is 4.72. The van der Waals surface area contributed by atoms with E-state index in [1.54, 1.807) is 0 Å². The van der Waals surface area contributed by atoms with E-state index < -0.39 is 0 Å². The number of hydrogen-bond donors (Lipinski definition) is 0. The number of likely N-dealkylation sites (N-methyl/N-ethyl adjacent to an activating group) is 1. The van der Waals surface area contributed by atoms with E-state index >= 15 is 0 Å². The van der Waals surface area contributed by atoms with Crippen LogP contribution in [0, 0.1) is 0 Å². The Morgan fingerprint density at radius 2 is 1.76 bits per heavy atom. The molecule has 0 bridgehead atoms. The number of fused-ring (bicyclic) bond motifs is 1. The molecule has 2 aromatic rings. The minimum atomic E-state index is 0.119. The number of unbranched alkanes of at least 4 members (excludes halogenated alkanes) is 1. The van der Waals surface area contributed by atoms with Crippen LogP contribution in [0.4, 0.5) is 0 Å². The maximum absolute atomic E-state index is 13.2. The highest BCUT2D eigenvalue weighted by Gasteiger charge is 2.18. The van der Waals surface area contributed by atoms with E-state index in [1.807, 2.05) is 41.3 Å². The fourth-order valence-electron chi connectivity index (χ4n) is 3.08. The summed E-state index contributed by atoms with van der Waals surface area (Å²) < 4.78 is 0. The quantitative estimate of drug-likeness (QED) is 0.622. The van der Waals surface area contributed by atoms with Crippen molar-refractivity contribution in [2.75, 3.05) is 32.7 Å². The normalized spacial score (nSPS) is 11.2. The first-order valence-corrected chi connectivity index (χ1v) is 9.68. The van der Waals surface area contributed by atoms with Crippen molar-refractivity contribution in [3.05, 3.63) is 47.0 Å². The number of benzene rings is 2. The first-order valence-electron chi connectivity index (χ1n) is 9.30. The SMILES string of the molecule is CCCCN(CCN(CC)CC)C(=O)c1cccc2cc(Cl)ccc12. The molecule has 0 saturated heterocycles. The summed E-state index contributed by atoms with van der Waals surface area (Å²) in [6.45, 7) is 11.0. The van der Waals surface area contributed by atoms with Gasteiger partial charge in [0.25, 0.3) is 5.91 Å². The van der Waals surface area contributed by atoms with Gasteiger partial charge in [-0.1, -0.05) is 57.0 Å². The maximum atomic E-state index is 13.2. The Labute approximate surface area is 156 Å². The van der Waals surface area contributed by atoms with E-state index in [9.17, 15) is 4.79 Å². The van der Waals surface area contributed by atoms with Gasteiger partial charge in [-0.15, -0.1) is 0 Å². The summed E-state index contributed by atoms with van der Waals surface area (Å²) in [5.74, 6) is 0.119. The first-order chi connectivity index (χ1) is 12.1. The van der Waals surface area contributed by atoms with Crippen LogP contribution in [0.1, 0.15) is 44.0 Å². The average Bonchev–Trinajstić information content (AvgIpc) is 2.63. The minimum Gasteiger partial charge on any atom is -0.337 e. The van der Waals surface area contributed by atoms with Gasteiger partial charge in [-0.3, -0.25) is 4.79 Å². The Kier molecular flexibility index (Phi) is 7.73. The van der Waals surface area contributed by atoms with Crippen molar-refractivity contribution in [1.29, 1.82) is 0 Å². The van der Waals surface area contributed by atoms with Crippen LogP contribution in [-0.4, -0.2) is 48.4 Å². The Hall–Kier alpha value is -1.58. The van der Waals surface area contributed by atoms with Gasteiger partial charge in [-0.2, -0.15) is 0 Å². The maximum Gasteiger partial charge on any atom is 0.254 e. The van der Waals surface area contributed by atoms with Crippen LogP contribution in [0.15, 0.2) is 36.4 Å². The van der Waals surface area contributed by atoms with Crippen molar-refractivity contribution in [2.24, 2.45) is 0 Å². The molecule has 4 heteroatoms. The van der Waals surface area contributed by atoms with E-state index in [0.717, 1.165) is 61.9 Å². The van der Waals surface area contributed by atoms with Crippen LogP contribution in [0.3, 0.4) is 0 Å². The predicted octanol–water partition coefficient (Wildman–Crippen LogP) is 5.08. The molecule has 0 aliphatic carbocycles. The fraction of sp³-hybridized carbons (Fsp3) is 0.476. The standard InChI is InChI=1S/C21H29ClN2O/c1-4-7-13-24(15-14-23(5-2)6-3)21(25)20-10-8-9-17-16-18(22)11-12-19(17)20/h8-12,16H,4-7,13-15H2,1-3H3. The van der Waals surface area contributed by atoms with Gasteiger partial charge < -0.3 is 9.80 Å². The lowest BCUT2D eigenvalue weighted by Crippen LogP contribution is -2.39. The van der Waals surface area contributed by atoms with E-state index in [0.29, 0.717) is 5.02 Å². The Bertz CT molecular complexity index is 697. The molecule has 25 heavy (non-hydrogen) atoms. The van der Waals surface area contributed by atoms with Crippen LogP contribution >= 0.6 is 11.6 Å². The smallest absolute Gasteiger partial charge is 0.254 e. The van der Waals surface area contributed by atoms with Gasteiger partial charge >= 0.3 is 0 Å². The summed E-state index contributed by atoms with van der Waals surface area (Å²) in [5, 5.41) is 2.68. The zero-order chi connectivity index (χ0) is 18.2. The second-order valence-corrected chi connectivity index (χ2v) is 6.78. The fourth-order valence-corrected chi connectivity index (χ4v) is 3.26. The molecule has 0 N–H and O–H groups in total. The Balaban J connectivity index is 2.26. The summed E-state index contributed by atoms with van der Waals surface area (Å²) in [7, 11) is 0. The topological polar surface area (TPSA) is 23.6 Å². The molecule has 0 aliphatic rings. The van der Waals surface area contributed by atoms with Crippen LogP contribution in [-0.2, 0) is 0 Å². The molecule has 3 nitrogen and oxygen atoms in total. The molecule has 0 atom stereocenters. The van der Waals surface area contributed by atoms with E-state index in [4.69, 9.17) is 11.6 Å². The van der Waals surface area contributed by atoms with Gasteiger partial charge in [0.1, 0.15) is 0 Å². The predicted molar refractivity (Wildman–Crippen MR) is 108 cm³/mol. The van der Waals surface area contributed by atoms with Crippen molar-refractivity contribution in [3.63, 3.8) is 0 Å². The molecule has 0 fully saturated rings. The molecule has 0 unspecified atom stereocenters. The van der Waals surface area contributed by atoms with Gasteiger partial charge in [-0.25, -0.2) is 0 Å². The second kappa shape index (κ2) is 9.79. The highest BCUT2D eigenvalue weighted by atomic mass is 35.5. The number of halogens is 1. The van der Waals surface area contributed by atoms with Gasteiger partial charge in [-0.05, 0) is 48.5 Å². The van der Waals surface area contributed by atoms with Crippen LogP contribution in [0.2, 0.25) is 5.02 Å². The van der Waals surface area contributed by atoms with Crippen molar-refractivity contribution in [3.8, 4) is 0 Å². The van der Waals surface area contributed by atoms with E-state index in [-0.39, 0.29) is 5.91 Å². The van der Waals surface area contributed by atoms with Gasteiger partial charge in [0.05, 0.1) is 0 Å². The van der Waals surface area contributed by atoms with Crippen LogP contribution in [0.25, 0.3) is 10.8 Å². The second-order valence-electron chi connectivity index (χ2n) is 6.34. The monoisotopic (exact) mass is 360 g/mol. The largest absolute Gasteiger partial charge is 0.337 e. The number of nitrogens with zero attached hydrogens (tertiary/aromatic N) is 2.